The first-order valence-corrected chi connectivity index (χ1v) is 9.37. The maximum atomic E-state index is 12.4. The van der Waals surface area contributed by atoms with Crippen LogP contribution in [0, 0.1) is 17.2 Å². The number of carbonyl (C=O) groups is 2. The van der Waals surface area contributed by atoms with Crippen molar-refractivity contribution < 1.29 is 19.4 Å². The monoisotopic (exact) mass is 372 g/mol. The molecule has 1 aromatic rings. The Bertz CT molecular complexity index is 725. The first-order valence-electron chi connectivity index (χ1n) is 9.37. The first-order chi connectivity index (χ1) is 13.1. The summed E-state index contributed by atoms with van der Waals surface area (Å²) in [6.07, 6.45) is 6.02. The third kappa shape index (κ3) is 4.88. The summed E-state index contributed by atoms with van der Waals surface area (Å²) in [5, 5.41) is 21.3. The molecule has 1 unspecified atom stereocenters. The van der Waals surface area contributed by atoms with Gasteiger partial charge in [0.2, 0.25) is 5.88 Å². The number of carbonyl (C=O) groups excluding carboxylic acids is 1. The van der Waals surface area contributed by atoms with Crippen LogP contribution in [0.4, 0.5) is 4.79 Å². The third-order valence-corrected chi connectivity index (χ3v) is 5.23. The number of amides is 2. The molecule has 8 heteroatoms. The largest absolute Gasteiger partial charge is 0.481 e. The van der Waals surface area contributed by atoms with Gasteiger partial charge < -0.3 is 20.1 Å². The van der Waals surface area contributed by atoms with Crippen LogP contribution in [0.3, 0.4) is 0 Å². The highest BCUT2D eigenvalue weighted by molar-refractivity contribution is 5.76. The van der Waals surface area contributed by atoms with E-state index in [1.54, 1.807) is 23.2 Å². The van der Waals surface area contributed by atoms with E-state index in [0.29, 0.717) is 24.4 Å². The predicted molar refractivity (Wildman–Crippen MR) is 96.1 cm³/mol. The van der Waals surface area contributed by atoms with Gasteiger partial charge >= 0.3 is 12.0 Å². The summed E-state index contributed by atoms with van der Waals surface area (Å²) < 4.78 is 5.87. The quantitative estimate of drug-likeness (QED) is 0.837. The fraction of sp³-hybridized carbons (Fsp3) is 0.579. The second-order valence-electron chi connectivity index (χ2n) is 7.13. The summed E-state index contributed by atoms with van der Waals surface area (Å²) >= 11 is 0. The van der Waals surface area contributed by atoms with Crippen molar-refractivity contribution in [1.29, 1.82) is 5.26 Å². The van der Waals surface area contributed by atoms with Crippen molar-refractivity contribution in [2.24, 2.45) is 5.92 Å². The van der Waals surface area contributed by atoms with Gasteiger partial charge in [0.25, 0.3) is 0 Å². The van der Waals surface area contributed by atoms with Crippen LogP contribution in [-0.2, 0) is 4.79 Å². The Labute approximate surface area is 158 Å². The van der Waals surface area contributed by atoms with Gasteiger partial charge in [-0.15, -0.1) is 0 Å². The average molecular weight is 372 g/mol. The first kappa shape index (κ1) is 19.0. The van der Waals surface area contributed by atoms with E-state index < -0.39 is 11.9 Å². The highest BCUT2D eigenvalue weighted by Crippen LogP contribution is 2.25. The smallest absolute Gasteiger partial charge is 0.317 e. The van der Waals surface area contributed by atoms with Gasteiger partial charge in [-0.05, 0) is 50.7 Å². The van der Waals surface area contributed by atoms with Gasteiger partial charge in [0.15, 0.2) is 0 Å². The number of pyridine rings is 1. The molecule has 0 bridgehead atoms. The van der Waals surface area contributed by atoms with Crippen LogP contribution in [0.15, 0.2) is 18.3 Å². The number of urea groups is 1. The summed E-state index contributed by atoms with van der Waals surface area (Å²) in [7, 11) is 0. The molecule has 2 aliphatic rings. The summed E-state index contributed by atoms with van der Waals surface area (Å²) in [5.41, 5.74) is 0.422. The number of piperidine rings is 1. The van der Waals surface area contributed by atoms with E-state index in [0.717, 1.165) is 32.1 Å². The van der Waals surface area contributed by atoms with Gasteiger partial charge in [-0.2, -0.15) is 5.26 Å². The number of hydrogen-bond acceptors (Lipinski definition) is 5. The van der Waals surface area contributed by atoms with Gasteiger partial charge in [0.1, 0.15) is 17.7 Å². The predicted octanol–water partition coefficient (Wildman–Crippen LogP) is 2.15. The molecule has 1 saturated heterocycles. The number of likely N-dealkylation sites (tertiary alicyclic amines) is 1. The molecular weight excluding hydrogens is 348 g/mol. The lowest BCUT2D eigenvalue weighted by Gasteiger charge is -2.34. The maximum Gasteiger partial charge on any atom is 0.317 e. The van der Waals surface area contributed by atoms with Crippen molar-refractivity contribution in [3.05, 3.63) is 23.9 Å². The van der Waals surface area contributed by atoms with Crippen molar-refractivity contribution in [1.82, 2.24) is 15.2 Å². The second-order valence-corrected chi connectivity index (χ2v) is 7.13. The number of aromatic nitrogens is 1. The normalized spacial score (nSPS) is 25.3. The Balaban J connectivity index is 1.46. The molecule has 2 N–H and O–H groups in total. The van der Waals surface area contributed by atoms with Gasteiger partial charge in [0, 0.05) is 25.3 Å². The molecule has 2 amide bonds. The van der Waals surface area contributed by atoms with Crippen molar-refractivity contribution in [3.63, 3.8) is 0 Å². The highest BCUT2D eigenvalue weighted by Gasteiger charge is 2.30. The molecule has 3 rings (SSSR count). The lowest BCUT2D eigenvalue weighted by atomic mass is 9.93. The molecule has 144 valence electrons. The number of carboxylic acid groups (broad SMARTS) is 1. The average Bonchev–Trinajstić information content (AvgIpc) is 2.70. The molecule has 1 aliphatic heterocycles. The minimum atomic E-state index is -0.837. The van der Waals surface area contributed by atoms with Crippen molar-refractivity contribution in [2.45, 2.75) is 50.7 Å². The molecule has 1 aliphatic carbocycles. The SMILES string of the molecule is N#Cc1cccnc1OC1CCC(NC(=O)N2CCCC(C(=O)O)C2)CC1. The number of nitrogens with one attached hydrogen (secondary N) is 1. The molecule has 0 aromatic carbocycles. The summed E-state index contributed by atoms with van der Waals surface area (Å²) in [5.74, 6) is -0.946. The fourth-order valence-electron chi connectivity index (χ4n) is 3.68. The molecule has 2 heterocycles. The lowest BCUT2D eigenvalue weighted by Crippen LogP contribution is -2.50. The van der Waals surface area contributed by atoms with Crippen LogP contribution < -0.4 is 10.1 Å². The Kier molecular flexibility index (Phi) is 6.12. The van der Waals surface area contributed by atoms with E-state index in [1.807, 2.05) is 0 Å². The molecule has 1 aromatic heterocycles. The Morgan fingerprint density at radius 3 is 2.78 bits per heavy atom. The van der Waals surface area contributed by atoms with Crippen LogP contribution in [-0.4, -0.2) is 52.2 Å². The van der Waals surface area contributed by atoms with Crippen LogP contribution in [0.5, 0.6) is 5.88 Å². The zero-order chi connectivity index (χ0) is 19.2. The number of aliphatic carboxylic acids is 1. The van der Waals surface area contributed by atoms with E-state index in [2.05, 4.69) is 16.4 Å². The van der Waals surface area contributed by atoms with Gasteiger partial charge in [-0.1, -0.05) is 0 Å². The second kappa shape index (κ2) is 8.71. The maximum absolute atomic E-state index is 12.4. The molecule has 1 saturated carbocycles. The van der Waals surface area contributed by atoms with E-state index in [1.165, 1.54) is 0 Å². The van der Waals surface area contributed by atoms with E-state index in [-0.39, 0.29) is 24.7 Å². The zero-order valence-corrected chi connectivity index (χ0v) is 15.1. The van der Waals surface area contributed by atoms with Crippen molar-refractivity contribution in [3.8, 4) is 11.9 Å². The molecule has 2 fully saturated rings. The number of nitrogens with zero attached hydrogens (tertiary/aromatic N) is 3. The van der Waals surface area contributed by atoms with Gasteiger partial charge in [-0.25, -0.2) is 9.78 Å². The summed E-state index contributed by atoms with van der Waals surface area (Å²) in [6, 6.07) is 5.33. The highest BCUT2D eigenvalue weighted by atomic mass is 16.5. The van der Waals surface area contributed by atoms with Gasteiger partial charge in [0.05, 0.1) is 5.92 Å². The minimum Gasteiger partial charge on any atom is -0.481 e. The Hall–Kier alpha value is -2.82. The molecule has 8 nitrogen and oxygen atoms in total. The standard InChI is InChI=1S/C19H24N4O4/c20-11-13-3-1-9-21-17(13)27-16-7-5-15(6-8-16)22-19(26)23-10-2-4-14(12-23)18(24)25/h1,3,9,14-16H,2,4-8,10,12H2,(H,22,26)(H,24,25). The molecule has 27 heavy (non-hydrogen) atoms. The van der Waals surface area contributed by atoms with Crippen molar-refractivity contribution in [2.75, 3.05) is 13.1 Å². The number of nitriles is 1. The van der Waals surface area contributed by atoms with E-state index in [9.17, 15) is 9.59 Å². The Morgan fingerprint density at radius 1 is 1.30 bits per heavy atom. The lowest BCUT2D eigenvalue weighted by molar-refractivity contribution is -0.143. The van der Waals surface area contributed by atoms with E-state index >= 15 is 0 Å². The Morgan fingerprint density at radius 2 is 2.07 bits per heavy atom. The molecule has 0 spiro atoms. The number of carboxylic acids is 1. The fourth-order valence-corrected chi connectivity index (χ4v) is 3.68. The minimum absolute atomic E-state index is 0.0217. The van der Waals surface area contributed by atoms with E-state index in [4.69, 9.17) is 15.1 Å². The van der Waals surface area contributed by atoms with Crippen LogP contribution in [0.1, 0.15) is 44.1 Å². The summed E-state index contributed by atoms with van der Waals surface area (Å²) in [4.78, 5) is 29.3. The molecule has 0 radical (unpaired) electrons. The number of hydrogen-bond donors (Lipinski definition) is 2. The number of ether oxygens (including phenoxy) is 1. The number of rotatable bonds is 4. The third-order valence-electron chi connectivity index (χ3n) is 5.23. The van der Waals surface area contributed by atoms with Gasteiger partial charge in [-0.3, -0.25) is 4.79 Å². The van der Waals surface area contributed by atoms with Crippen LogP contribution in [0.25, 0.3) is 0 Å². The molecular formula is C19H24N4O4. The van der Waals surface area contributed by atoms with Crippen LogP contribution >= 0.6 is 0 Å². The summed E-state index contributed by atoms with van der Waals surface area (Å²) in [6.45, 7) is 0.876. The van der Waals surface area contributed by atoms with Crippen molar-refractivity contribution >= 4 is 12.0 Å². The molecule has 1 atom stereocenters. The van der Waals surface area contributed by atoms with Crippen LogP contribution in [0.2, 0.25) is 0 Å². The zero-order valence-electron chi connectivity index (χ0n) is 15.1. The topological polar surface area (TPSA) is 116 Å².